The van der Waals surface area contributed by atoms with Gasteiger partial charge in [0.15, 0.2) is 0 Å². The lowest BCUT2D eigenvalue weighted by atomic mass is 9.91. The third-order valence-electron chi connectivity index (χ3n) is 5.21. The molecule has 4 nitrogen and oxygen atoms in total. The van der Waals surface area contributed by atoms with Gasteiger partial charge in [0.05, 0.1) is 6.54 Å². The van der Waals surface area contributed by atoms with Crippen molar-refractivity contribution in [3.63, 3.8) is 0 Å². The van der Waals surface area contributed by atoms with Crippen LogP contribution in [0.2, 0.25) is 0 Å². The van der Waals surface area contributed by atoms with Crippen molar-refractivity contribution in [1.29, 1.82) is 0 Å². The number of halogens is 2. The normalized spacial score (nSPS) is 21.0. The zero-order valence-corrected chi connectivity index (χ0v) is 14.3. The smallest absolute Gasteiger partial charge is 0.242 e. The Morgan fingerprint density at radius 1 is 1.20 bits per heavy atom. The fourth-order valence-electron chi connectivity index (χ4n) is 3.75. The van der Waals surface area contributed by atoms with E-state index in [2.05, 4.69) is 0 Å². The number of aryl methyl sites for hydroxylation is 1. The Morgan fingerprint density at radius 3 is 2.76 bits per heavy atom. The van der Waals surface area contributed by atoms with Crippen molar-refractivity contribution in [3.8, 4) is 0 Å². The van der Waals surface area contributed by atoms with Gasteiger partial charge in [-0.25, -0.2) is 8.78 Å². The number of amides is 2. The van der Waals surface area contributed by atoms with Crippen molar-refractivity contribution < 1.29 is 18.4 Å². The molecule has 25 heavy (non-hydrogen) atoms. The van der Waals surface area contributed by atoms with E-state index in [9.17, 15) is 18.4 Å². The van der Waals surface area contributed by atoms with Crippen LogP contribution in [0, 0.1) is 17.6 Å². The lowest BCUT2D eigenvalue weighted by Crippen LogP contribution is -2.45. The number of hydrogen-bond acceptors (Lipinski definition) is 2. The Hall–Kier alpha value is -1.98. The van der Waals surface area contributed by atoms with E-state index in [0.717, 1.165) is 38.3 Å². The predicted octanol–water partition coefficient (Wildman–Crippen LogP) is 2.76. The Balaban J connectivity index is 1.50. The molecule has 0 aromatic heterocycles. The van der Waals surface area contributed by atoms with E-state index in [-0.39, 0.29) is 18.4 Å². The molecule has 0 saturated carbocycles. The van der Waals surface area contributed by atoms with E-state index in [1.807, 2.05) is 4.90 Å². The van der Waals surface area contributed by atoms with Gasteiger partial charge in [0.1, 0.15) is 11.6 Å². The second-order valence-electron chi connectivity index (χ2n) is 7.04. The molecule has 1 atom stereocenters. The first-order chi connectivity index (χ1) is 12.0. The van der Waals surface area contributed by atoms with Gasteiger partial charge in [-0.05, 0) is 49.7 Å². The van der Waals surface area contributed by atoms with E-state index in [4.69, 9.17) is 0 Å². The van der Waals surface area contributed by atoms with Gasteiger partial charge in [0.2, 0.25) is 11.8 Å². The van der Waals surface area contributed by atoms with Crippen LogP contribution in [0.5, 0.6) is 0 Å². The fourth-order valence-corrected chi connectivity index (χ4v) is 3.75. The lowest BCUT2D eigenvalue weighted by Gasteiger charge is -2.34. The van der Waals surface area contributed by atoms with E-state index in [1.165, 1.54) is 12.1 Å². The number of carbonyl (C=O) groups excluding carboxylic acids is 2. The Kier molecular flexibility index (Phi) is 5.66. The average Bonchev–Trinajstić information content (AvgIpc) is 2.99. The number of hydrogen-bond donors (Lipinski definition) is 0. The second kappa shape index (κ2) is 7.93. The highest BCUT2D eigenvalue weighted by atomic mass is 19.1. The van der Waals surface area contributed by atoms with Crippen LogP contribution in [0.1, 0.15) is 37.7 Å². The van der Waals surface area contributed by atoms with E-state index >= 15 is 0 Å². The van der Waals surface area contributed by atoms with Crippen molar-refractivity contribution in [2.75, 3.05) is 26.2 Å². The highest BCUT2D eigenvalue weighted by Crippen LogP contribution is 2.23. The first-order valence-electron chi connectivity index (χ1n) is 9.02. The van der Waals surface area contributed by atoms with Gasteiger partial charge in [-0.15, -0.1) is 0 Å². The molecule has 2 heterocycles. The monoisotopic (exact) mass is 350 g/mol. The molecule has 136 valence electrons. The zero-order valence-electron chi connectivity index (χ0n) is 14.3. The van der Waals surface area contributed by atoms with Gasteiger partial charge >= 0.3 is 0 Å². The van der Waals surface area contributed by atoms with Crippen LogP contribution in [0.4, 0.5) is 8.78 Å². The molecule has 2 fully saturated rings. The molecule has 0 spiro atoms. The maximum Gasteiger partial charge on any atom is 0.242 e. The minimum absolute atomic E-state index is 0.00733. The molecule has 1 unspecified atom stereocenters. The van der Waals surface area contributed by atoms with Crippen LogP contribution in [-0.2, 0) is 16.0 Å². The predicted molar refractivity (Wildman–Crippen MR) is 89.8 cm³/mol. The Labute approximate surface area is 146 Å². The summed E-state index contributed by atoms with van der Waals surface area (Å²) in [5.41, 5.74) is 0.521. The molecule has 6 heteroatoms. The van der Waals surface area contributed by atoms with Crippen LogP contribution in [-0.4, -0.2) is 47.8 Å². The summed E-state index contributed by atoms with van der Waals surface area (Å²) in [5.74, 6) is -0.679. The maximum absolute atomic E-state index is 13.7. The van der Waals surface area contributed by atoms with E-state index < -0.39 is 11.6 Å². The van der Waals surface area contributed by atoms with Crippen molar-refractivity contribution in [2.24, 2.45) is 5.92 Å². The molecule has 2 aliphatic rings. The van der Waals surface area contributed by atoms with Gasteiger partial charge in [-0.3, -0.25) is 9.59 Å². The van der Waals surface area contributed by atoms with Crippen molar-refractivity contribution >= 4 is 11.8 Å². The number of carbonyl (C=O) groups is 2. The Bertz CT molecular complexity index is 650. The first kappa shape index (κ1) is 17.8. The third kappa shape index (κ3) is 4.55. The third-order valence-corrected chi connectivity index (χ3v) is 5.21. The zero-order chi connectivity index (χ0) is 17.8. The molecule has 2 saturated heterocycles. The topological polar surface area (TPSA) is 40.6 Å². The summed E-state index contributed by atoms with van der Waals surface area (Å²) in [6.45, 7) is 2.23. The summed E-state index contributed by atoms with van der Waals surface area (Å²) in [5, 5.41) is 0. The van der Waals surface area contributed by atoms with Crippen LogP contribution >= 0.6 is 0 Å². The standard InChI is InChI=1S/C19H24F2N2O2/c20-16-8-7-15(17(21)11-16)6-5-14-3-1-9-22(12-14)19(25)13-23-10-2-4-18(23)24/h7-8,11,14H,1-6,9-10,12-13H2. The second-order valence-corrected chi connectivity index (χ2v) is 7.04. The van der Waals surface area contributed by atoms with Gasteiger partial charge < -0.3 is 9.80 Å². The van der Waals surface area contributed by atoms with Gasteiger partial charge in [0, 0.05) is 32.1 Å². The summed E-state index contributed by atoms with van der Waals surface area (Å²) in [6.07, 6.45) is 4.63. The van der Waals surface area contributed by atoms with Gasteiger partial charge in [-0.2, -0.15) is 0 Å². The van der Waals surface area contributed by atoms with Crippen molar-refractivity contribution in [1.82, 2.24) is 9.80 Å². The van der Waals surface area contributed by atoms with Crippen LogP contribution in [0.3, 0.4) is 0 Å². The number of nitrogens with zero attached hydrogens (tertiary/aromatic N) is 2. The largest absolute Gasteiger partial charge is 0.341 e. The van der Waals surface area contributed by atoms with Gasteiger partial charge in [-0.1, -0.05) is 6.07 Å². The number of rotatable bonds is 5. The summed E-state index contributed by atoms with van der Waals surface area (Å²) in [6, 6.07) is 3.69. The number of likely N-dealkylation sites (tertiary alicyclic amines) is 2. The summed E-state index contributed by atoms with van der Waals surface area (Å²) >= 11 is 0. The molecule has 1 aromatic rings. The molecule has 3 rings (SSSR count). The van der Waals surface area contributed by atoms with Gasteiger partial charge in [0.25, 0.3) is 0 Å². The first-order valence-corrected chi connectivity index (χ1v) is 9.02. The van der Waals surface area contributed by atoms with Crippen molar-refractivity contribution in [3.05, 3.63) is 35.4 Å². The Morgan fingerprint density at radius 2 is 2.04 bits per heavy atom. The summed E-state index contributed by atoms with van der Waals surface area (Å²) < 4.78 is 26.7. The minimum Gasteiger partial charge on any atom is -0.341 e. The van der Waals surface area contributed by atoms with Crippen LogP contribution in [0.25, 0.3) is 0 Å². The minimum atomic E-state index is -0.563. The highest BCUT2D eigenvalue weighted by Gasteiger charge is 2.28. The molecule has 0 radical (unpaired) electrons. The summed E-state index contributed by atoms with van der Waals surface area (Å²) in [4.78, 5) is 27.6. The number of piperidine rings is 1. The average molecular weight is 350 g/mol. The SMILES string of the molecule is O=C1CCCN1CC(=O)N1CCCC(CCc2ccc(F)cc2F)C1. The molecule has 1 aromatic carbocycles. The van der Waals surface area contributed by atoms with Crippen LogP contribution in [0.15, 0.2) is 18.2 Å². The molecular weight excluding hydrogens is 326 g/mol. The molecular formula is C19H24F2N2O2. The molecule has 2 amide bonds. The molecule has 0 N–H and O–H groups in total. The molecule has 0 bridgehead atoms. The fraction of sp³-hybridized carbons (Fsp3) is 0.579. The molecule has 2 aliphatic heterocycles. The quantitative estimate of drug-likeness (QED) is 0.819. The maximum atomic E-state index is 13.7. The van der Waals surface area contributed by atoms with E-state index in [1.54, 1.807) is 4.90 Å². The van der Waals surface area contributed by atoms with E-state index in [0.29, 0.717) is 37.4 Å². The lowest BCUT2D eigenvalue weighted by molar-refractivity contribution is -0.139. The van der Waals surface area contributed by atoms with Crippen molar-refractivity contribution in [2.45, 2.75) is 38.5 Å². The summed E-state index contributed by atoms with van der Waals surface area (Å²) in [7, 11) is 0. The van der Waals surface area contributed by atoms with Crippen LogP contribution < -0.4 is 0 Å². The number of benzene rings is 1. The highest BCUT2D eigenvalue weighted by molar-refractivity contribution is 5.85. The molecule has 0 aliphatic carbocycles.